The fraction of sp³-hybridized carbons (Fsp3) is 0.348. The Kier molecular flexibility index (Phi) is 15.9. The molecule has 9 nitrogen and oxygen atoms in total. The number of amides is 1. The maximum atomic E-state index is 11.9. The third kappa shape index (κ3) is 15.2. The molecule has 0 spiro atoms. The van der Waals surface area contributed by atoms with Crippen LogP contribution in [0.1, 0.15) is 39.2 Å². The number of sulfone groups is 1. The van der Waals surface area contributed by atoms with Crippen molar-refractivity contribution in [1.29, 1.82) is 0 Å². The second kappa shape index (κ2) is 16.4. The molecule has 10 heteroatoms. The van der Waals surface area contributed by atoms with Crippen molar-refractivity contribution < 1.29 is 38.1 Å². The number of allylic oxidation sites excluding steroid dienone is 1. The molecular formula is C23H33NO8S. The number of carbonyl (C=O) groups excluding carboxylic acids is 1. The molecule has 0 saturated heterocycles. The summed E-state index contributed by atoms with van der Waals surface area (Å²) in [4.78, 5) is 30.9. The molecule has 0 atom stereocenters. The van der Waals surface area contributed by atoms with Gasteiger partial charge >= 0.3 is 11.9 Å². The Morgan fingerprint density at radius 3 is 1.88 bits per heavy atom. The first-order valence-electron chi connectivity index (χ1n) is 9.83. The molecule has 0 aliphatic heterocycles. The number of nitrogens with two attached hydrogens (primary N) is 1. The standard InChI is InChI=1S/C12H15NO3S.C6H10O3.C5H8O2/c1-9-3-5-11(6-4-9)17(15,16)8-7-10(2)12(13)14;1-5(6(8)9)3-2-4-7;1-3-4(2)5(6)7/h3-7H,8H2,1-2H3,(H2,13,14);7H,1-4H2,(H,8,9);3H,1-2H3,(H,6,7). The number of carboxylic acids is 2. The largest absolute Gasteiger partial charge is 0.478 e. The van der Waals surface area contributed by atoms with Crippen LogP contribution in [0.4, 0.5) is 0 Å². The molecule has 0 bridgehead atoms. The maximum absolute atomic E-state index is 11.9. The van der Waals surface area contributed by atoms with E-state index < -0.39 is 27.7 Å². The molecule has 0 aliphatic carbocycles. The van der Waals surface area contributed by atoms with E-state index in [0.717, 1.165) is 5.56 Å². The molecule has 33 heavy (non-hydrogen) atoms. The van der Waals surface area contributed by atoms with E-state index in [1.165, 1.54) is 13.0 Å². The number of aliphatic hydroxyl groups excluding tert-OH is 1. The third-order valence-corrected chi connectivity index (χ3v) is 5.68. The van der Waals surface area contributed by atoms with E-state index in [-0.39, 0.29) is 28.4 Å². The average Bonchev–Trinajstić information content (AvgIpc) is 2.76. The third-order valence-electron chi connectivity index (χ3n) is 4.09. The van der Waals surface area contributed by atoms with Crippen molar-refractivity contribution in [2.24, 2.45) is 5.73 Å². The van der Waals surface area contributed by atoms with Crippen molar-refractivity contribution in [2.45, 2.75) is 45.4 Å². The Labute approximate surface area is 194 Å². The van der Waals surface area contributed by atoms with Gasteiger partial charge < -0.3 is 21.1 Å². The number of aliphatic hydroxyl groups is 1. The summed E-state index contributed by atoms with van der Waals surface area (Å²) in [6.07, 6.45) is 3.73. The molecule has 1 aromatic rings. The number of primary amides is 1. The lowest BCUT2D eigenvalue weighted by Crippen LogP contribution is -2.13. The van der Waals surface area contributed by atoms with Crippen molar-refractivity contribution in [3.8, 4) is 0 Å². The monoisotopic (exact) mass is 483 g/mol. The van der Waals surface area contributed by atoms with Crippen LogP contribution in [-0.4, -0.2) is 53.9 Å². The topological polar surface area (TPSA) is 172 Å². The molecule has 0 fully saturated rings. The van der Waals surface area contributed by atoms with Gasteiger partial charge in [-0.3, -0.25) is 4.79 Å². The number of aliphatic carboxylic acids is 2. The number of carbonyl (C=O) groups is 3. The van der Waals surface area contributed by atoms with Crippen LogP contribution < -0.4 is 5.73 Å². The zero-order chi connectivity index (χ0) is 26.2. The average molecular weight is 484 g/mol. The smallest absolute Gasteiger partial charge is 0.330 e. The van der Waals surface area contributed by atoms with Gasteiger partial charge in [-0.05, 0) is 52.7 Å². The molecule has 0 heterocycles. The highest BCUT2D eigenvalue weighted by molar-refractivity contribution is 7.91. The number of carboxylic acid groups (broad SMARTS) is 2. The van der Waals surface area contributed by atoms with Gasteiger partial charge in [0.2, 0.25) is 5.91 Å². The van der Waals surface area contributed by atoms with Gasteiger partial charge in [-0.15, -0.1) is 0 Å². The molecule has 1 aromatic carbocycles. The molecule has 0 aliphatic rings. The maximum Gasteiger partial charge on any atom is 0.330 e. The van der Waals surface area contributed by atoms with Crippen molar-refractivity contribution in [3.05, 3.63) is 65.3 Å². The quantitative estimate of drug-likeness (QED) is 0.388. The zero-order valence-corrected chi connectivity index (χ0v) is 20.2. The SMILES string of the molecule is C=C(CCCO)C(=O)O.CC(=CCS(=O)(=O)c1ccc(C)cc1)C(N)=O.CC=C(C)C(=O)O. The van der Waals surface area contributed by atoms with Crippen LogP contribution in [0.3, 0.4) is 0 Å². The number of aryl methyl sites for hydroxylation is 1. The normalized spacial score (nSPS) is 11.3. The Hall–Kier alpha value is -3.24. The number of hydrogen-bond acceptors (Lipinski definition) is 6. The minimum Gasteiger partial charge on any atom is -0.478 e. The van der Waals surface area contributed by atoms with Crippen LogP contribution in [0, 0.1) is 6.92 Å². The Bertz CT molecular complexity index is 974. The Balaban J connectivity index is 0. The lowest BCUT2D eigenvalue weighted by atomic mass is 10.2. The summed E-state index contributed by atoms with van der Waals surface area (Å²) in [6, 6.07) is 6.57. The van der Waals surface area contributed by atoms with Crippen LogP contribution in [0.25, 0.3) is 0 Å². The van der Waals surface area contributed by atoms with Gasteiger partial charge in [0.15, 0.2) is 9.84 Å². The molecule has 184 valence electrons. The van der Waals surface area contributed by atoms with E-state index in [1.54, 1.807) is 44.2 Å². The fourth-order valence-electron chi connectivity index (χ4n) is 1.70. The minimum atomic E-state index is -3.39. The summed E-state index contributed by atoms with van der Waals surface area (Å²) in [7, 11) is -3.39. The van der Waals surface area contributed by atoms with E-state index in [4.69, 9.17) is 21.1 Å². The van der Waals surface area contributed by atoms with Crippen molar-refractivity contribution in [2.75, 3.05) is 12.4 Å². The summed E-state index contributed by atoms with van der Waals surface area (Å²) in [5.74, 6) is -2.65. The highest BCUT2D eigenvalue weighted by atomic mass is 32.2. The summed E-state index contributed by atoms with van der Waals surface area (Å²) in [5.41, 5.74) is 6.81. The van der Waals surface area contributed by atoms with Gasteiger partial charge in [-0.2, -0.15) is 0 Å². The lowest BCUT2D eigenvalue weighted by molar-refractivity contribution is -0.133. The van der Waals surface area contributed by atoms with Crippen LogP contribution in [-0.2, 0) is 24.2 Å². The molecular weight excluding hydrogens is 450 g/mol. The van der Waals surface area contributed by atoms with E-state index in [1.807, 2.05) is 6.92 Å². The summed E-state index contributed by atoms with van der Waals surface area (Å²) >= 11 is 0. The van der Waals surface area contributed by atoms with Gasteiger partial charge in [0.05, 0.1) is 10.6 Å². The van der Waals surface area contributed by atoms with Gasteiger partial charge in [0, 0.05) is 23.3 Å². The highest BCUT2D eigenvalue weighted by Crippen LogP contribution is 2.12. The highest BCUT2D eigenvalue weighted by Gasteiger charge is 2.12. The predicted molar refractivity (Wildman–Crippen MR) is 126 cm³/mol. The summed E-state index contributed by atoms with van der Waals surface area (Å²) in [5, 5.41) is 24.6. The van der Waals surface area contributed by atoms with Gasteiger partial charge in [-0.1, -0.05) is 36.4 Å². The second-order valence-corrected chi connectivity index (χ2v) is 8.89. The molecule has 1 amide bonds. The predicted octanol–water partition coefficient (Wildman–Crippen LogP) is 2.64. The zero-order valence-electron chi connectivity index (χ0n) is 19.4. The van der Waals surface area contributed by atoms with Gasteiger partial charge in [0.1, 0.15) is 0 Å². The molecule has 0 radical (unpaired) electrons. The first kappa shape index (κ1) is 31.9. The van der Waals surface area contributed by atoms with Crippen LogP contribution in [0.2, 0.25) is 0 Å². The van der Waals surface area contributed by atoms with Gasteiger partial charge in [-0.25, -0.2) is 18.0 Å². The van der Waals surface area contributed by atoms with Crippen LogP contribution in [0.5, 0.6) is 0 Å². The van der Waals surface area contributed by atoms with E-state index in [2.05, 4.69) is 6.58 Å². The van der Waals surface area contributed by atoms with Crippen LogP contribution >= 0.6 is 0 Å². The molecule has 0 saturated carbocycles. The van der Waals surface area contributed by atoms with Crippen LogP contribution in [0.15, 0.2) is 64.6 Å². The summed E-state index contributed by atoms with van der Waals surface area (Å²) in [6.45, 7) is 9.93. The first-order chi connectivity index (χ1) is 15.2. The van der Waals surface area contributed by atoms with E-state index >= 15 is 0 Å². The van der Waals surface area contributed by atoms with Crippen molar-refractivity contribution in [3.63, 3.8) is 0 Å². The van der Waals surface area contributed by atoms with Crippen molar-refractivity contribution >= 4 is 27.7 Å². The van der Waals surface area contributed by atoms with E-state index in [0.29, 0.717) is 18.4 Å². The summed E-state index contributed by atoms with van der Waals surface area (Å²) < 4.78 is 23.7. The second-order valence-electron chi connectivity index (χ2n) is 6.86. The number of hydrogen-bond donors (Lipinski definition) is 4. The molecule has 5 N–H and O–H groups in total. The molecule has 0 unspecified atom stereocenters. The molecule has 1 rings (SSSR count). The fourth-order valence-corrected chi connectivity index (χ4v) is 2.91. The first-order valence-corrected chi connectivity index (χ1v) is 11.5. The minimum absolute atomic E-state index is 0.0201. The number of rotatable bonds is 9. The molecule has 0 aromatic heterocycles. The Morgan fingerprint density at radius 1 is 1.03 bits per heavy atom. The van der Waals surface area contributed by atoms with Crippen molar-refractivity contribution in [1.82, 2.24) is 0 Å². The van der Waals surface area contributed by atoms with E-state index in [9.17, 15) is 22.8 Å². The number of benzene rings is 1. The lowest BCUT2D eigenvalue weighted by Gasteiger charge is -2.02. The van der Waals surface area contributed by atoms with Gasteiger partial charge in [0.25, 0.3) is 0 Å². The Morgan fingerprint density at radius 2 is 1.55 bits per heavy atom.